The second-order valence-electron chi connectivity index (χ2n) is 7.60. The highest BCUT2D eigenvalue weighted by molar-refractivity contribution is 14.0. The van der Waals surface area contributed by atoms with Crippen molar-refractivity contribution in [1.29, 1.82) is 0 Å². The Morgan fingerprint density at radius 1 is 1.20 bits per heavy atom. The third kappa shape index (κ3) is 5.86. The maximum atomic E-state index is 5.67. The fraction of sp³-hybridized carbons (Fsp3) is 0.591. The highest BCUT2D eigenvalue weighted by atomic mass is 127. The summed E-state index contributed by atoms with van der Waals surface area (Å²) in [5, 5.41) is 15.0. The van der Waals surface area contributed by atoms with E-state index in [9.17, 15) is 0 Å². The van der Waals surface area contributed by atoms with Gasteiger partial charge in [-0.2, -0.15) is 0 Å². The van der Waals surface area contributed by atoms with E-state index in [0.717, 1.165) is 63.0 Å². The van der Waals surface area contributed by atoms with Gasteiger partial charge in [0.1, 0.15) is 17.9 Å². The Kier molecular flexibility index (Phi) is 9.87. The lowest BCUT2D eigenvalue weighted by atomic mass is 9.78. The molecule has 0 atom stereocenters. The van der Waals surface area contributed by atoms with Crippen molar-refractivity contribution in [3.63, 3.8) is 0 Å². The van der Waals surface area contributed by atoms with E-state index < -0.39 is 0 Å². The zero-order valence-electron chi connectivity index (χ0n) is 18.4. The van der Waals surface area contributed by atoms with Crippen LogP contribution in [0.1, 0.15) is 50.9 Å². The maximum absolute atomic E-state index is 5.67. The average Bonchev–Trinajstić information content (AvgIpc) is 3.42. The topological polar surface area (TPSA) is 76.4 Å². The number of hydrogen-bond acceptors (Lipinski definition) is 4. The van der Waals surface area contributed by atoms with Gasteiger partial charge in [0.15, 0.2) is 5.96 Å². The lowest BCUT2D eigenvalue weighted by molar-refractivity contribution is 0.377. The number of rotatable bonds is 9. The Balaban J connectivity index is 0.00000320. The van der Waals surface area contributed by atoms with Gasteiger partial charge in [0.05, 0.1) is 13.7 Å². The zero-order valence-corrected chi connectivity index (χ0v) is 20.7. The van der Waals surface area contributed by atoms with Crippen LogP contribution < -0.4 is 15.4 Å². The summed E-state index contributed by atoms with van der Waals surface area (Å²) in [5.41, 5.74) is 1.34. The summed E-state index contributed by atoms with van der Waals surface area (Å²) in [7, 11) is 1.76. The molecule has 8 heteroatoms. The van der Waals surface area contributed by atoms with Gasteiger partial charge in [0, 0.05) is 37.0 Å². The van der Waals surface area contributed by atoms with Gasteiger partial charge in [-0.15, -0.1) is 34.2 Å². The van der Waals surface area contributed by atoms with Gasteiger partial charge in [-0.3, -0.25) is 4.99 Å². The fourth-order valence-electron chi connectivity index (χ4n) is 4.25. The second kappa shape index (κ2) is 12.1. The number of aryl methyl sites for hydroxylation is 1. The molecule has 3 rings (SSSR count). The molecule has 1 heterocycles. The third-order valence-electron chi connectivity index (χ3n) is 5.78. The largest absolute Gasteiger partial charge is 0.496 e. The zero-order chi connectivity index (χ0) is 20.5. The second-order valence-corrected chi connectivity index (χ2v) is 7.60. The number of methoxy groups -OCH3 is 1. The molecule has 1 aromatic carbocycles. The lowest BCUT2D eigenvalue weighted by Crippen LogP contribution is -2.40. The first-order valence-corrected chi connectivity index (χ1v) is 10.7. The number of halogens is 1. The van der Waals surface area contributed by atoms with Crippen molar-refractivity contribution in [2.45, 2.75) is 57.9 Å². The minimum absolute atomic E-state index is 0. The summed E-state index contributed by atoms with van der Waals surface area (Å²) in [6.45, 7) is 7.38. The number of nitrogens with zero attached hydrogens (tertiary/aromatic N) is 4. The summed E-state index contributed by atoms with van der Waals surface area (Å²) in [6, 6.07) is 8.41. The lowest BCUT2D eigenvalue weighted by Gasteiger charge is -2.30. The van der Waals surface area contributed by atoms with Gasteiger partial charge in [-0.25, -0.2) is 0 Å². The molecule has 2 N–H and O–H groups in total. The molecular formula is C22H35IN6O. The molecule has 1 aromatic heterocycles. The maximum Gasteiger partial charge on any atom is 0.191 e. The van der Waals surface area contributed by atoms with Gasteiger partial charge in [0.2, 0.25) is 0 Å². The van der Waals surface area contributed by atoms with Crippen LogP contribution in [0.15, 0.2) is 35.6 Å². The van der Waals surface area contributed by atoms with Crippen LogP contribution in [0.3, 0.4) is 0 Å². The van der Waals surface area contributed by atoms with Crippen molar-refractivity contribution >= 4 is 29.9 Å². The predicted octanol–water partition coefficient (Wildman–Crippen LogP) is 3.53. The van der Waals surface area contributed by atoms with Gasteiger partial charge in [0.25, 0.3) is 0 Å². The molecular weight excluding hydrogens is 491 g/mol. The molecule has 0 radical (unpaired) electrons. The van der Waals surface area contributed by atoms with E-state index in [1.165, 1.54) is 18.4 Å². The molecule has 0 amide bonds. The van der Waals surface area contributed by atoms with Crippen LogP contribution in [0.25, 0.3) is 0 Å². The SMILES string of the molecule is CCNC(=NCC1(c2ccccc2OC)CCCC1)NCCn1cnnc1CC.I. The number of aliphatic imine (C=N–C) groups is 1. The molecule has 0 saturated heterocycles. The summed E-state index contributed by atoms with van der Waals surface area (Å²) in [5.74, 6) is 2.84. The molecule has 1 aliphatic carbocycles. The van der Waals surface area contributed by atoms with Crippen LogP contribution in [0, 0.1) is 0 Å². The Bertz CT molecular complexity index is 800. The average molecular weight is 526 g/mol. The van der Waals surface area contributed by atoms with Crippen molar-refractivity contribution in [1.82, 2.24) is 25.4 Å². The standard InChI is InChI=1S/C22H34N6O.HI/c1-4-20-27-26-17-28(20)15-14-24-21(23-5-2)25-16-22(12-8-9-13-22)18-10-6-7-11-19(18)29-3;/h6-7,10-11,17H,4-5,8-9,12-16H2,1-3H3,(H2,23,24,25);1H. The Labute approximate surface area is 197 Å². The van der Waals surface area contributed by atoms with E-state index in [1.54, 1.807) is 13.4 Å². The van der Waals surface area contributed by atoms with Gasteiger partial charge in [-0.05, 0) is 25.8 Å². The highest BCUT2D eigenvalue weighted by Gasteiger charge is 2.37. The summed E-state index contributed by atoms with van der Waals surface area (Å²) in [4.78, 5) is 4.98. The van der Waals surface area contributed by atoms with Crippen LogP contribution in [0.2, 0.25) is 0 Å². The molecule has 0 aliphatic heterocycles. The summed E-state index contributed by atoms with van der Waals surface area (Å²) < 4.78 is 7.76. The molecule has 1 aliphatic rings. The Morgan fingerprint density at radius 2 is 1.97 bits per heavy atom. The number of nitrogens with one attached hydrogen (secondary N) is 2. The first kappa shape index (κ1) is 24.4. The number of aromatic nitrogens is 3. The van der Waals surface area contributed by atoms with E-state index >= 15 is 0 Å². The molecule has 0 unspecified atom stereocenters. The quantitative estimate of drug-likeness (QED) is 0.297. The van der Waals surface area contributed by atoms with E-state index in [4.69, 9.17) is 9.73 Å². The van der Waals surface area contributed by atoms with E-state index in [1.807, 2.05) is 6.07 Å². The number of ether oxygens (including phenoxy) is 1. The van der Waals surface area contributed by atoms with Crippen molar-refractivity contribution < 1.29 is 4.74 Å². The van der Waals surface area contributed by atoms with Crippen molar-refractivity contribution in [2.24, 2.45) is 4.99 Å². The number of benzene rings is 1. The first-order valence-electron chi connectivity index (χ1n) is 10.7. The van der Waals surface area contributed by atoms with E-state index in [0.29, 0.717) is 0 Å². The Hall–Kier alpha value is -1.84. The molecule has 1 fully saturated rings. The minimum Gasteiger partial charge on any atom is -0.496 e. The fourth-order valence-corrected chi connectivity index (χ4v) is 4.25. The van der Waals surface area contributed by atoms with Crippen molar-refractivity contribution in [3.8, 4) is 5.75 Å². The predicted molar refractivity (Wildman–Crippen MR) is 132 cm³/mol. The minimum atomic E-state index is 0. The first-order chi connectivity index (χ1) is 14.2. The number of para-hydroxylation sites is 1. The number of guanidine groups is 1. The summed E-state index contributed by atoms with van der Waals surface area (Å²) >= 11 is 0. The Morgan fingerprint density at radius 3 is 2.67 bits per heavy atom. The third-order valence-corrected chi connectivity index (χ3v) is 5.78. The van der Waals surface area contributed by atoms with Crippen LogP contribution >= 0.6 is 24.0 Å². The van der Waals surface area contributed by atoms with Crippen molar-refractivity contribution in [2.75, 3.05) is 26.7 Å². The van der Waals surface area contributed by atoms with Crippen LogP contribution in [-0.2, 0) is 18.4 Å². The van der Waals surface area contributed by atoms with Crippen molar-refractivity contribution in [3.05, 3.63) is 42.0 Å². The van der Waals surface area contributed by atoms with Gasteiger partial charge >= 0.3 is 0 Å². The van der Waals surface area contributed by atoms with Gasteiger partial charge < -0.3 is 19.9 Å². The van der Waals surface area contributed by atoms with E-state index in [2.05, 4.69) is 57.4 Å². The van der Waals surface area contributed by atoms with Crippen LogP contribution in [0.5, 0.6) is 5.75 Å². The molecule has 30 heavy (non-hydrogen) atoms. The van der Waals surface area contributed by atoms with Crippen LogP contribution in [0.4, 0.5) is 0 Å². The normalized spacial score (nSPS) is 15.5. The molecule has 2 aromatic rings. The highest BCUT2D eigenvalue weighted by Crippen LogP contribution is 2.44. The van der Waals surface area contributed by atoms with E-state index in [-0.39, 0.29) is 29.4 Å². The van der Waals surface area contributed by atoms with Crippen LogP contribution in [-0.4, -0.2) is 47.5 Å². The van der Waals surface area contributed by atoms with Gasteiger partial charge in [-0.1, -0.05) is 38.0 Å². The monoisotopic (exact) mass is 526 g/mol. The molecule has 0 bridgehead atoms. The molecule has 1 saturated carbocycles. The smallest absolute Gasteiger partial charge is 0.191 e. The molecule has 166 valence electrons. The summed E-state index contributed by atoms with van der Waals surface area (Å²) in [6.07, 6.45) is 7.46. The molecule has 0 spiro atoms. The number of hydrogen-bond donors (Lipinski definition) is 2. The molecule has 7 nitrogen and oxygen atoms in total.